The van der Waals surface area contributed by atoms with Crippen LogP contribution < -0.4 is 20.3 Å². The Morgan fingerprint density at radius 2 is 1.91 bits per heavy atom. The molecule has 0 aliphatic carbocycles. The first-order valence-electron chi connectivity index (χ1n) is 10.7. The van der Waals surface area contributed by atoms with Crippen molar-refractivity contribution < 1.29 is 23.9 Å². The van der Waals surface area contributed by atoms with Gasteiger partial charge in [-0.25, -0.2) is 4.79 Å². The van der Waals surface area contributed by atoms with Crippen molar-refractivity contribution in [2.45, 2.75) is 32.7 Å². The Morgan fingerprint density at radius 1 is 1.16 bits per heavy atom. The Morgan fingerprint density at radius 3 is 2.59 bits per heavy atom. The van der Waals surface area contributed by atoms with E-state index in [-0.39, 0.29) is 18.4 Å². The van der Waals surface area contributed by atoms with E-state index in [4.69, 9.17) is 9.47 Å². The summed E-state index contributed by atoms with van der Waals surface area (Å²) >= 11 is 0. The van der Waals surface area contributed by atoms with Gasteiger partial charge in [-0.3, -0.25) is 9.59 Å². The molecule has 2 aromatic rings. The smallest absolute Gasteiger partial charge is 0.328 e. The van der Waals surface area contributed by atoms with Gasteiger partial charge in [0.2, 0.25) is 5.91 Å². The quantitative estimate of drug-likeness (QED) is 0.583. The summed E-state index contributed by atoms with van der Waals surface area (Å²) in [6.45, 7) is 5.04. The summed E-state index contributed by atoms with van der Waals surface area (Å²) in [7, 11) is 1.55. The molecule has 0 bridgehead atoms. The van der Waals surface area contributed by atoms with Gasteiger partial charge in [0.25, 0.3) is 5.91 Å². The number of likely N-dealkylation sites (N-methyl/N-ethyl adjacent to an activating group) is 1. The van der Waals surface area contributed by atoms with Crippen LogP contribution >= 0.6 is 0 Å². The molecule has 0 spiro atoms. The molecule has 170 valence electrons. The predicted octanol–water partition coefficient (Wildman–Crippen LogP) is 2.77. The van der Waals surface area contributed by atoms with Crippen LogP contribution in [0.1, 0.15) is 36.2 Å². The van der Waals surface area contributed by atoms with Gasteiger partial charge in [0.05, 0.1) is 13.7 Å². The summed E-state index contributed by atoms with van der Waals surface area (Å²) in [4.78, 5) is 38.5. The zero-order valence-corrected chi connectivity index (χ0v) is 18.6. The second-order valence-electron chi connectivity index (χ2n) is 7.52. The van der Waals surface area contributed by atoms with E-state index in [2.05, 4.69) is 15.5 Å². The van der Waals surface area contributed by atoms with Crippen molar-refractivity contribution in [3.8, 4) is 5.75 Å². The number of carbonyl (C=O) groups excluding carboxylic acids is 3. The molecule has 3 rings (SSSR count). The molecular formula is C24H29N3O5. The lowest BCUT2D eigenvalue weighted by molar-refractivity contribution is -0.145. The van der Waals surface area contributed by atoms with Crippen molar-refractivity contribution in [2.24, 2.45) is 0 Å². The number of benzene rings is 2. The molecule has 1 heterocycles. The number of methoxy groups -OCH3 is 1. The van der Waals surface area contributed by atoms with Gasteiger partial charge in [0, 0.05) is 29.9 Å². The molecule has 0 fully saturated rings. The van der Waals surface area contributed by atoms with Crippen molar-refractivity contribution >= 4 is 29.2 Å². The standard InChI is InChI=1S/C24H29N3O5/c1-4-27(21-7-5-6-20-19(21)12-13-22(28)26-20)14-15-32-24(30)16(2)25-23(29)17-8-10-18(31-3)11-9-17/h5-11,16H,4,12-15H2,1-3H3,(H,25,29)(H,26,28)/t16-/m0/s1. The molecule has 8 heteroatoms. The van der Waals surface area contributed by atoms with Gasteiger partial charge in [0.1, 0.15) is 18.4 Å². The Labute approximate surface area is 187 Å². The maximum atomic E-state index is 12.4. The van der Waals surface area contributed by atoms with Crippen LogP contribution in [0.2, 0.25) is 0 Å². The maximum Gasteiger partial charge on any atom is 0.328 e. The van der Waals surface area contributed by atoms with E-state index in [1.165, 1.54) is 0 Å². The van der Waals surface area contributed by atoms with Gasteiger partial charge >= 0.3 is 5.97 Å². The number of hydrogen-bond donors (Lipinski definition) is 2. The number of esters is 1. The Bertz CT molecular complexity index is 974. The molecule has 0 radical (unpaired) electrons. The van der Waals surface area contributed by atoms with Crippen molar-refractivity contribution in [1.82, 2.24) is 5.32 Å². The normalized spacial score (nSPS) is 13.4. The second kappa shape index (κ2) is 10.7. The summed E-state index contributed by atoms with van der Waals surface area (Å²) < 4.78 is 10.5. The zero-order chi connectivity index (χ0) is 23.1. The molecule has 2 N–H and O–H groups in total. The lowest BCUT2D eigenvalue weighted by Gasteiger charge is -2.29. The highest BCUT2D eigenvalue weighted by atomic mass is 16.5. The van der Waals surface area contributed by atoms with Crippen LogP contribution in [0.5, 0.6) is 5.75 Å². The average Bonchev–Trinajstić information content (AvgIpc) is 2.81. The predicted molar refractivity (Wildman–Crippen MR) is 122 cm³/mol. The van der Waals surface area contributed by atoms with Crippen molar-refractivity contribution in [3.05, 3.63) is 53.6 Å². The summed E-state index contributed by atoms with van der Waals surface area (Å²) in [5, 5.41) is 5.56. The van der Waals surface area contributed by atoms with Crippen LogP contribution in [-0.4, -0.2) is 50.6 Å². The average molecular weight is 440 g/mol. The highest BCUT2D eigenvalue weighted by Crippen LogP contribution is 2.31. The van der Waals surface area contributed by atoms with Crippen molar-refractivity contribution in [3.63, 3.8) is 0 Å². The number of anilines is 2. The lowest BCUT2D eigenvalue weighted by atomic mass is 10.00. The lowest BCUT2D eigenvalue weighted by Crippen LogP contribution is -2.40. The van der Waals surface area contributed by atoms with E-state index < -0.39 is 12.0 Å². The minimum atomic E-state index is -0.778. The second-order valence-corrected chi connectivity index (χ2v) is 7.52. The van der Waals surface area contributed by atoms with E-state index in [1.54, 1.807) is 38.3 Å². The number of fused-ring (bicyclic) bond motifs is 1. The molecule has 0 saturated carbocycles. The van der Waals surface area contributed by atoms with Crippen molar-refractivity contribution in [1.29, 1.82) is 0 Å². The van der Waals surface area contributed by atoms with Crippen LogP contribution in [0.15, 0.2) is 42.5 Å². The molecule has 2 aromatic carbocycles. The molecule has 32 heavy (non-hydrogen) atoms. The van der Waals surface area contributed by atoms with Gasteiger partial charge in [-0.1, -0.05) is 6.07 Å². The third-order valence-electron chi connectivity index (χ3n) is 5.41. The largest absolute Gasteiger partial charge is 0.497 e. The molecule has 0 aromatic heterocycles. The molecule has 1 atom stereocenters. The summed E-state index contributed by atoms with van der Waals surface area (Å²) in [6.07, 6.45) is 1.14. The first kappa shape index (κ1) is 23.1. The number of hydrogen-bond acceptors (Lipinski definition) is 6. The summed E-state index contributed by atoms with van der Waals surface area (Å²) in [5.41, 5.74) is 3.40. The van der Waals surface area contributed by atoms with Crippen molar-refractivity contribution in [2.75, 3.05) is 37.0 Å². The number of rotatable bonds is 9. The highest BCUT2D eigenvalue weighted by Gasteiger charge is 2.21. The van der Waals surface area contributed by atoms with Gasteiger partial charge < -0.3 is 25.0 Å². The van der Waals surface area contributed by atoms with Gasteiger partial charge in [0.15, 0.2) is 0 Å². The Hall–Kier alpha value is -3.55. The van der Waals surface area contributed by atoms with E-state index in [9.17, 15) is 14.4 Å². The number of ether oxygens (including phenoxy) is 2. The number of nitrogens with one attached hydrogen (secondary N) is 2. The first-order valence-corrected chi connectivity index (χ1v) is 10.7. The Kier molecular flexibility index (Phi) is 7.70. The van der Waals surface area contributed by atoms with Gasteiger partial charge in [-0.15, -0.1) is 0 Å². The zero-order valence-electron chi connectivity index (χ0n) is 18.6. The summed E-state index contributed by atoms with van der Waals surface area (Å²) in [5.74, 6) is -0.177. The van der Waals surface area contributed by atoms with Gasteiger partial charge in [-0.05, 0) is 62.2 Å². The SMILES string of the molecule is CCN(CCOC(=O)[C@H](C)NC(=O)c1ccc(OC)cc1)c1cccc2c1CCC(=O)N2. The van der Waals surface area contributed by atoms with E-state index in [0.29, 0.717) is 30.7 Å². The third-order valence-corrected chi connectivity index (χ3v) is 5.41. The monoisotopic (exact) mass is 439 g/mol. The molecule has 1 aliphatic rings. The number of amides is 2. The van der Waals surface area contributed by atoms with Crippen LogP contribution in [0.25, 0.3) is 0 Å². The van der Waals surface area contributed by atoms with Crippen LogP contribution in [-0.2, 0) is 20.7 Å². The number of nitrogens with zero attached hydrogens (tertiary/aromatic N) is 1. The van der Waals surface area contributed by atoms with Crippen LogP contribution in [0.4, 0.5) is 11.4 Å². The first-order chi connectivity index (χ1) is 15.4. The fraction of sp³-hybridized carbons (Fsp3) is 0.375. The highest BCUT2D eigenvalue weighted by molar-refractivity contribution is 5.97. The minimum absolute atomic E-state index is 0.0253. The summed E-state index contributed by atoms with van der Waals surface area (Å²) in [6, 6.07) is 11.7. The molecule has 1 aliphatic heterocycles. The minimum Gasteiger partial charge on any atom is -0.497 e. The molecule has 0 unspecified atom stereocenters. The molecular weight excluding hydrogens is 410 g/mol. The Balaban J connectivity index is 1.52. The molecule has 8 nitrogen and oxygen atoms in total. The fourth-order valence-electron chi connectivity index (χ4n) is 3.61. The van der Waals surface area contributed by atoms with E-state index >= 15 is 0 Å². The topological polar surface area (TPSA) is 97.0 Å². The van der Waals surface area contributed by atoms with E-state index in [0.717, 1.165) is 23.5 Å². The maximum absolute atomic E-state index is 12.4. The van der Waals surface area contributed by atoms with Crippen LogP contribution in [0.3, 0.4) is 0 Å². The van der Waals surface area contributed by atoms with Crippen LogP contribution in [0, 0.1) is 0 Å². The number of carbonyl (C=O) groups is 3. The fourth-order valence-corrected chi connectivity index (χ4v) is 3.61. The molecule has 2 amide bonds. The van der Waals surface area contributed by atoms with E-state index in [1.807, 2.05) is 25.1 Å². The molecule has 0 saturated heterocycles. The van der Waals surface area contributed by atoms with Gasteiger partial charge in [-0.2, -0.15) is 0 Å². The third kappa shape index (κ3) is 5.57.